The Morgan fingerprint density at radius 1 is 1.35 bits per heavy atom. The van der Waals surface area contributed by atoms with E-state index in [1.807, 2.05) is 35.0 Å². The normalized spacial score (nSPS) is 17.3. The number of rotatable bonds is 3. The lowest BCUT2D eigenvalue weighted by Crippen LogP contribution is -2.26. The molecule has 1 unspecified atom stereocenters. The molecule has 0 fully saturated rings. The Kier molecular flexibility index (Phi) is 4.31. The molecule has 0 radical (unpaired) electrons. The first kappa shape index (κ1) is 17.2. The summed E-state index contributed by atoms with van der Waals surface area (Å²) in [7, 11) is 0. The van der Waals surface area contributed by atoms with Gasteiger partial charge in [-0.05, 0) is 42.7 Å². The van der Waals surface area contributed by atoms with E-state index < -0.39 is 0 Å². The van der Waals surface area contributed by atoms with Crippen LogP contribution in [0.2, 0.25) is 0 Å². The van der Waals surface area contributed by atoms with E-state index >= 15 is 0 Å². The van der Waals surface area contributed by atoms with Gasteiger partial charge in [0.2, 0.25) is 5.91 Å². The Hall–Kier alpha value is -2.21. The van der Waals surface area contributed by atoms with E-state index in [9.17, 15) is 4.79 Å². The van der Waals surface area contributed by atoms with Crippen LogP contribution in [-0.4, -0.2) is 20.3 Å². The first-order valence-electron chi connectivity index (χ1n) is 9.09. The first-order valence-corrected chi connectivity index (χ1v) is 9.91. The minimum absolute atomic E-state index is 0.0631. The summed E-state index contributed by atoms with van der Waals surface area (Å²) in [5.41, 5.74) is 3.10. The summed E-state index contributed by atoms with van der Waals surface area (Å²) < 4.78 is 1.93. The van der Waals surface area contributed by atoms with Gasteiger partial charge in [-0.3, -0.25) is 4.79 Å². The fraction of sp³-hybridized carbons (Fsp3) is 0.450. The van der Waals surface area contributed by atoms with Crippen LogP contribution in [0.4, 0.5) is 5.13 Å². The van der Waals surface area contributed by atoms with E-state index in [-0.39, 0.29) is 12.3 Å². The highest BCUT2D eigenvalue weighted by Gasteiger charge is 2.30. The smallest absolute Gasteiger partial charge is 0.232 e. The van der Waals surface area contributed by atoms with Crippen LogP contribution in [0.25, 0.3) is 5.65 Å². The summed E-state index contributed by atoms with van der Waals surface area (Å²) in [4.78, 5) is 22.9. The van der Waals surface area contributed by atoms with Crippen molar-refractivity contribution < 1.29 is 4.79 Å². The molecule has 0 aromatic carbocycles. The molecule has 0 bridgehead atoms. The van der Waals surface area contributed by atoms with E-state index in [4.69, 9.17) is 0 Å². The zero-order chi connectivity index (χ0) is 18.3. The van der Waals surface area contributed by atoms with Crippen molar-refractivity contribution in [3.05, 3.63) is 46.9 Å². The van der Waals surface area contributed by atoms with Gasteiger partial charge in [0.25, 0.3) is 0 Å². The molecule has 136 valence electrons. The van der Waals surface area contributed by atoms with Crippen LogP contribution in [-0.2, 0) is 24.1 Å². The molecule has 0 saturated carbocycles. The van der Waals surface area contributed by atoms with Gasteiger partial charge in [-0.2, -0.15) is 0 Å². The molecule has 3 aromatic rings. The average Bonchev–Trinajstić information content (AvgIpc) is 3.15. The molecule has 1 atom stereocenters. The summed E-state index contributed by atoms with van der Waals surface area (Å²) in [6.07, 6.45) is 7.35. The van der Waals surface area contributed by atoms with E-state index in [0.29, 0.717) is 11.3 Å². The number of carbonyl (C=O) groups is 1. The van der Waals surface area contributed by atoms with Gasteiger partial charge in [-0.25, -0.2) is 9.97 Å². The molecule has 0 spiro atoms. The number of nitrogens with one attached hydrogen (secondary N) is 1. The average molecular weight is 369 g/mol. The highest BCUT2D eigenvalue weighted by Crippen LogP contribution is 2.40. The minimum Gasteiger partial charge on any atom is -0.307 e. The van der Waals surface area contributed by atoms with Crippen molar-refractivity contribution in [2.24, 2.45) is 11.3 Å². The number of hydrogen-bond acceptors (Lipinski definition) is 4. The lowest BCUT2D eigenvalue weighted by molar-refractivity contribution is -0.115. The van der Waals surface area contributed by atoms with Crippen LogP contribution in [0.5, 0.6) is 0 Å². The van der Waals surface area contributed by atoms with Gasteiger partial charge < -0.3 is 9.72 Å². The number of imidazole rings is 1. The second-order valence-corrected chi connectivity index (χ2v) is 9.20. The predicted octanol–water partition coefficient (Wildman–Crippen LogP) is 4.12. The van der Waals surface area contributed by atoms with Gasteiger partial charge >= 0.3 is 0 Å². The van der Waals surface area contributed by atoms with Crippen molar-refractivity contribution in [3.8, 4) is 0 Å². The Morgan fingerprint density at radius 2 is 2.19 bits per heavy atom. The third kappa shape index (κ3) is 3.51. The third-order valence-electron chi connectivity index (χ3n) is 5.17. The highest BCUT2D eigenvalue weighted by atomic mass is 32.1. The van der Waals surface area contributed by atoms with Crippen molar-refractivity contribution in [2.75, 3.05) is 5.32 Å². The Bertz CT molecular complexity index is 917. The number of hydrogen-bond donors (Lipinski definition) is 1. The van der Waals surface area contributed by atoms with Crippen LogP contribution < -0.4 is 5.32 Å². The van der Waals surface area contributed by atoms with Gasteiger partial charge in [0.1, 0.15) is 5.65 Å². The van der Waals surface area contributed by atoms with Crippen LogP contribution in [0, 0.1) is 11.3 Å². The number of carbonyl (C=O) groups excluding carboxylic acids is 1. The topological polar surface area (TPSA) is 59.3 Å². The number of thiazole rings is 1. The summed E-state index contributed by atoms with van der Waals surface area (Å²) in [5, 5.41) is 3.69. The fourth-order valence-electron chi connectivity index (χ4n) is 3.57. The summed E-state index contributed by atoms with van der Waals surface area (Å²) in [5.74, 6) is 0.615. The molecule has 3 heterocycles. The van der Waals surface area contributed by atoms with Crippen molar-refractivity contribution in [2.45, 2.75) is 46.5 Å². The van der Waals surface area contributed by atoms with E-state index in [1.165, 1.54) is 17.0 Å². The fourth-order valence-corrected chi connectivity index (χ4v) is 4.67. The molecule has 6 heteroatoms. The molecule has 26 heavy (non-hydrogen) atoms. The number of amides is 1. The second-order valence-electron chi connectivity index (χ2n) is 8.12. The van der Waals surface area contributed by atoms with Crippen LogP contribution >= 0.6 is 11.3 Å². The van der Waals surface area contributed by atoms with Gasteiger partial charge in [0.15, 0.2) is 5.13 Å². The lowest BCUT2D eigenvalue weighted by atomic mass is 9.73. The number of aromatic nitrogens is 3. The standard InChI is InChI=1S/C20H24N4OS/c1-20(2,3)13-7-8-15-16(10-13)26-19(22-15)23-18(25)11-14-12-24-9-5-4-6-17(24)21-14/h4-6,9,12-13H,7-8,10-11H2,1-3H3,(H,22,23,25). The number of nitrogens with zero attached hydrogens (tertiary/aromatic N) is 3. The van der Waals surface area contributed by atoms with Crippen molar-refractivity contribution in [3.63, 3.8) is 0 Å². The van der Waals surface area contributed by atoms with Crippen molar-refractivity contribution in [1.29, 1.82) is 0 Å². The molecule has 3 aromatic heterocycles. The summed E-state index contributed by atoms with van der Waals surface area (Å²) >= 11 is 1.63. The Labute approximate surface area is 157 Å². The van der Waals surface area contributed by atoms with Gasteiger partial charge in [0.05, 0.1) is 17.8 Å². The number of aryl methyl sites for hydroxylation is 1. The molecule has 0 saturated heterocycles. The molecular weight excluding hydrogens is 344 g/mol. The van der Waals surface area contributed by atoms with Crippen LogP contribution in [0.1, 0.15) is 43.5 Å². The van der Waals surface area contributed by atoms with Gasteiger partial charge in [-0.15, -0.1) is 11.3 Å². The number of fused-ring (bicyclic) bond motifs is 2. The summed E-state index contributed by atoms with van der Waals surface area (Å²) in [6.45, 7) is 6.92. The molecule has 5 nitrogen and oxygen atoms in total. The molecular formula is C20H24N4OS. The predicted molar refractivity (Wildman–Crippen MR) is 105 cm³/mol. The zero-order valence-corrected chi connectivity index (χ0v) is 16.3. The van der Waals surface area contributed by atoms with Gasteiger partial charge in [0, 0.05) is 17.3 Å². The molecule has 1 aliphatic carbocycles. The maximum atomic E-state index is 12.4. The maximum absolute atomic E-state index is 12.4. The highest BCUT2D eigenvalue weighted by molar-refractivity contribution is 7.15. The summed E-state index contributed by atoms with van der Waals surface area (Å²) in [6, 6.07) is 5.82. The molecule has 4 rings (SSSR count). The third-order valence-corrected chi connectivity index (χ3v) is 6.20. The van der Waals surface area contributed by atoms with Crippen LogP contribution in [0.15, 0.2) is 30.6 Å². The zero-order valence-electron chi connectivity index (χ0n) is 15.5. The molecule has 1 amide bonds. The van der Waals surface area contributed by atoms with E-state index in [2.05, 4.69) is 36.1 Å². The van der Waals surface area contributed by atoms with E-state index in [0.717, 1.165) is 29.3 Å². The first-order chi connectivity index (χ1) is 12.4. The molecule has 0 aliphatic heterocycles. The SMILES string of the molecule is CC(C)(C)C1CCc2nc(NC(=O)Cc3cn4ccccc4n3)sc2C1. The van der Waals surface area contributed by atoms with Crippen LogP contribution in [0.3, 0.4) is 0 Å². The monoisotopic (exact) mass is 368 g/mol. The number of anilines is 1. The van der Waals surface area contributed by atoms with Gasteiger partial charge in [-0.1, -0.05) is 26.8 Å². The van der Waals surface area contributed by atoms with Crippen molar-refractivity contribution in [1.82, 2.24) is 14.4 Å². The largest absolute Gasteiger partial charge is 0.307 e. The van der Waals surface area contributed by atoms with E-state index in [1.54, 1.807) is 11.3 Å². The molecule has 1 aliphatic rings. The number of pyridine rings is 1. The Morgan fingerprint density at radius 3 is 2.96 bits per heavy atom. The second kappa shape index (κ2) is 6.50. The quantitative estimate of drug-likeness (QED) is 0.756. The molecule has 1 N–H and O–H groups in total. The van der Waals surface area contributed by atoms with Crippen molar-refractivity contribution >= 4 is 28.0 Å². The lowest BCUT2D eigenvalue weighted by Gasteiger charge is -2.33. The minimum atomic E-state index is -0.0631. The maximum Gasteiger partial charge on any atom is 0.232 e. The Balaban J connectivity index is 1.43.